The van der Waals surface area contributed by atoms with Crippen molar-refractivity contribution >= 4 is 5.91 Å². The highest BCUT2D eigenvalue weighted by molar-refractivity contribution is 5.95. The molecule has 0 spiro atoms. The van der Waals surface area contributed by atoms with Gasteiger partial charge in [-0.15, -0.1) is 0 Å². The van der Waals surface area contributed by atoms with Crippen LogP contribution in [0.4, 0.5) is 0 Å². The molecule has 0 unspecified atom stereocenters. The van der Waals surface area contributed by atoms with Crippen LogP contribution in [0, 0.1) is 6.92 Å². The van der Waals surface area contributed by atoms with Crippen LogP contribution in [-0.2, 0) is 6.42 Å². The Morgan fingerprint density at radius 2 is 1.87 bits per heavy atom. The number of hydrogen-bond donors (Lipinski definition) is 1. The van der Waals surface area contributed by atoms with E-state index in [1.165, 1.54) is 0 Å². The molecule has 0 saturated heterocycles. The summed E-state index contributed by atoms with van der Waals surface area (Å²) < 4.78 is 1.57. The third-order valence-corrected chi connectivity index (χ3v) is 4.69. The van der Waals surface area contributed by atoms with Gasteiger partial charge in [-0.3, -0.25) is 14.8 Å². The number of rotatable bonds is 6. The summed E-state index contributed by atoms with van der Waals surface area (Å²) in [4.78, 5) is 29.9. The number of pyridine rings is 2. The molecule has 4 aromatic heterocycles. The molecule has 4 aromatic rings. The first kappa shape index (κ1) is 19.4. The van der Waals surface area contributed by atoms with E-state index in [0.717, 1.165) is 16.8 Å². The smallest absolute Gasteiger partial charge is 0.254 e. The number of hydrogen-bond acceptors (Lipinski definition) is 6. The maximum Gasteiger partial charge on any atom is 0.254 e. The normalized spacial score (nSPS) is 11.8. The lowest BCUT2D eigenvalue weighted by molar-refractivity contribution is 0.0939. The van der Waals surface area contributed by atoms with Crippen molar-refractivity contribution in [2.75, 3.05) is 0 Å². The summed E-state index contributed by atoms with van der Waals surface area (Å²) in [6, 6.07) is 9.42. The van der Waals surface area contributed by atoms with Gasteiger partial charge < -0.3 is 5.32 Å². The van der Waals surface area contributed by atoms with E-state index < -0.39 is 0 Å². The zero-order chi connectivity index (χ0) is 20.9. The number of nitrogens with one attached hydrogen (secondary N) is 1. The van der Waals surface area contributed by atoms with Gasteiger partial charge in [0, 0.05) is 42.6 Å². The lowest BCUT2D eigenvalue weighted by Gasteiger charge is -2.13. The van der Waals surface area contributed by atoms with Crippen molar-refractivity contribution in [3.05, 3.63) is 84.3 Å². The van der Waals surface area contributed by atoms with E-state index in [0.29, 0.717) is 23.6 Å². The minimum Gasteiger partial charge on any atom is -0.349 e. The first-order valence-corrected chi connectivity index (χ1v) is 9.60. The van der Waals surface area contributed by atoms with Crippen molar-refractivity contribution in [1.82, 2.24) is 35.0 Å². The molecule has 8 nitrogen and oxygen atoms in total. The fourth-order valence-electron chi connectivity index (χ4n) is 3.18. The molecule has 0 saturated carbocycles. The maximum atomic E-state index is 12.8. The molecule has 1 N–H and O–H groups in total. The quantitative estimate of drug-likeness (QED) is 0.535. The largest absolute Gasteiger partial charge is 0.349 e. The van der Waals surface area contributed by atoms with Crippen molar-refractivity contribution in [2.24, 2.45) is 0 Å². The average Bonchev–Trinajstić information content (AvgIpc) is 3.16. The molecule has 0 fully saturated rings. The number of carbonyl (C=O) groups excluding carboxylic acids is 1. The minimum absolute atomic E-state index is 0.0467. The van der Waals surface area contributed by atoms with E-state index in [1.54, 1.807) is 41.9 Å². The third kappa shape index (κ3) is 4.22. The zero-order valence-corrected chi connectivity index (χ0v) is 16.7. The Balaban J connectivity index is 1.52. The second kappa shape index (κ2) is 8.60. The molecular formula is C22H21N7O. The predicted octanol–water partition coefficient (Wildman–Crippen LogP) is 2.79. The van der Waals surface area contributed by atoms with E-state index in [9.17, 15) is 4.79 Å². The van der Waals surface area contributed by atoms with Crippen molar-refractivity contribution in [1.29, 1.82) is 0 Å². The number of aromatic nitrogens is 6. The van der Waals surface area contributed by atoms with Crippen LogP contribution in [0.5, 0.6) is 0 Å². The van der Waals surface area contributed by atoms with Crippen molar-refractivity contribution in [3.63, 3.8) is 0 Å². The number of nitrogens with zero attached hydrogens (tertiary/aromatic N) is 6. The van der Waals surface area contributed by atoms with Crippen molar-refractivity contribution in [2.45, 2.75) is 26.3 Å². The summed E-state index contributed by atoms with van der Waals surface area (Å²) in [5.41, 5.74) is 3.85. The van der Waals surface area contributed by atoms with E-state index in [1.807, 2.05) is 44.2 Å². The van der Waals surface area contributed by atoms with Crippen LogP contribution in [-0.4, -0.2) is 41.7 Å². The number of amides is 1. The van der Waals surface area contributed by atoms with Gasteiger partial charge in [0.1, 0.15) is 0 Å². The maximum absolute atomic E-state index is 12.8. The Bertz CT molecular complexity index is 1140. The third-order valence-electron chi connectivity index (χ3n) is 4.69. The molecule has 1 amide bonds. The highest BCUT2D eigenvalue weighted by atomic mass is 16.1. The second-order valence-electron chi connectivity index (χ2n) is 6.98. The standard InChI is InChI=1S/C22H21N7O/c1-15(11-17-5-3-8-23-12-17)27-21(30)19-14-26-29(16(19)2)22-25-10-7-20(28-22)18-6-4-9-24-13-18/h3-10,12-15H,11H2,1-2H3,(H,27,30)/t15-/m0/s1. The van der Waals surface area contributed by atoms with Gasteiger partial charge in [0.15, 0.2) is 0 Å². The van der Waals surface area contributed by atoms with Crippen LogP contribution >= 0.6 is 0 Å². The summed E-state index contributed by atoms with van der Waals surface area (Å²) in [6.45, 7) is 3.79. The van der Waals surface area contributed by atoms with E-state index in [2.05, 4.69) is 30.4 Å². The van der Waals surface area contributed by atoms with Gasteiger partial charge in [-0.25, -0.2) is 14.6 Å². The van der Waals surface area contributed by atoms with Gasteiger partial charge in [0.2, 0.25) is 0 Å². The van der Waals surface area contributed by atoms with Crippen LogP contribution in [0.1, 0.15) is 28.5 Å². The van der Waals surface area contributed by atoms with Crippen molar-refractivity contribution in [3.8, 4) is 17.2 Å². The molecule has 150 valence electrons. The number of carbonyl (C=O) groups is 1. The van der Waals surface area contributed by atoms with Crippen LogP contribution < -0.4 is 5.32 Å². The topological polar surface area (TPSA) is 98.5 Å². The van der Waals surface area contributed by atoms with Gasteiger partial charge in [-0.2, -0.15) is 5.10 Å². The molecule has 0 bridgehead atoms. The van der Waals surface area contributed by atoms with Gasteiger partial charge in [-0.1, -0.05) is 6.07 Å². The minimum atomic E-state index is -0.182. The van der Waals surface area contributed by atoms with Gasteiger partial charge in [-0.05, 0) is 50.1 Å². The first-order chi connectivity index (χ1) is 14.6. The van der Waals surface area contributed by atoms with Crippen LogP contribution in [0.2, 0.25) is 0 Å². The Morgan fingerprint density at radius 3 is 2.60 bits per heavy atom. The zero-order valence-electron chi connectivity index (χ0n) is 16.7. The van der Waals surface area contributed by atoms with Gasteiger partial charge in [0.25, 0.3) is 11.9 Å². The van der Waals surface area contributed by atoms with E-state index in [-0.39, 0.29) is 11.9 Å². The predicted molar refractivity (Wildman–Crippen MR) is 112 cm³/mol. The van der Waals surface area contributed by atoms with Gasteiger partial charge >= 0.3 is 0 Å². The molecule has 0 aromatic carbocycles. The van der Waals surface area contributed by atoms with Gasteiger partial charge in [0.05, 0.1) is 23.1 Å². The summed E-state index contributed by atoms with van der Waals surface area (Å²) in [7, 11) is 0. The SMILES string of the molecule is Cc1c(C(=O)N[C@@H](C)Cc2cccnc2)cnn1-c1nccc(-c2cccnc2)n1. The Hall–Kier alpha value is -3.94. The molecule has 1 atom stereocenters. The molecule has 0 aliphatic rings. The monoisotopic (exact) mass is 399 g/mol. The summed E-state index contributed by atoms with van der Waals surface area (Å²) in [5, 5.41) is 7.36. The average molecular weight is 399 g/mol. The van der Waals surface area contributed by atoms with Crippen LogP contribution in [0.25, 0.3) is 17.2 Å². The molecular weight excluding hydrogens is 378 g/mol. The highest BCUT2D eigenvalue weighted by Crippen LogP contribution is 2.17. The molecule has 30 heavy (non-hydrogen) atoms. The second-order valence-corrected chi connectivity index (χ2v) is 6.98. The van der Waals surface area contributed by atoms with Crippen molar-refractivity contribution < 1.29 is 4.79 Å². The van der Waals surface area contributed by atoms with Crippen LogP contribution in [0.3, 0.4) is 0 Å². The fraction of sp³-hybridized carbons (Fsp3) is 0.182. The first-order valence-electron chi connectivity index (χ1n) is 9.60. The van der Waals surface area contributed by atoms with Crippen LogP contribution in [0.15, 0.2) is 67.5 Å². The molecule has 4 rings (SSSR count). The molecule has 0 aliphatic carbocycles. The molecule has 8 heteroatoms. The lowest BCUT2D eigenvalue weighted by atomic mass is 10.1. The Labute approximate surface area is 174 Å². The van der Waals surface area contributed by atoms with E-state index in [4.69, 9.17) is 0 Å². The Kier molecular flexibility index (Phi) is 5.56. The summed E-state index contributed by atoms with van der Waals surface area (Å²) in [5.74, 6) is 0.217. The summed E-state index contributed by atoms with van der Waals surface area (Å²) >= 11 is 0. The highest BCUT2D eigenvalue weighted by Gasteiger charge is 2.18. The van der Waals surface area contributed by atoms with E-state index >= 15 is 0 Å². The Morgan fingerprint density at radius 1 is 1.07 bits per heavy atom. The molecule has 0 radical (unpaired) electrons. The summed E-state index contributed by atoms with van der Waals surface area (Å²) in [6.07, 6.45) is 10.9. The lowest BCUT2D eigenvalue weighted by Crippen LogP contribution is -2.34. The molecule has 0 aliphatic heterocycles. The molecule has 4 heterocycles. The fourth-order valence-corrected chi connectivity index (χ4v) is 3.18.